The van der Waals surface area contributed by atoms with Crippen LogP contribution in [0, 0.1) is 5.82 Å². The van der Waals surface area contributed by atoms with Crippen molar-refractivity contribution in [3.05, 3.63) is 59.8 Å². The maximum absolute atomic E-state index is 15.7. The van der Waals surface area contributed by atoms with E-state index in [0.717, 1.165) is 16.6 Å². The Morgan fingerprint density at radius 2 is 1.94 bits per heavy atom. The molecule has 5 rings (SSSR count). The molecule has 0 saturated heterocycles. The summed E-state index contributed by atoms with van der Waals surface area (Å²) in [7, 11) is 3.40. The first-order chi connectivity index (χ1) is 16.9. The number of carbonyl (C=O) groups is 1. The number of hydrogen-bond acceptors (Lipinski definition) is 7. The second-order valence-corrected chi connectivity index (χ2v) is 8.98. The molecular weight excluding hydrogens is 447 g/mol. The van der Waals surface area contributed by atoms with Gasteiger partial charge in [0, 0.05) is 61.8 Å². The zero-order valence-corrected chi connectivity index (χ0v) is 20.2. The molecule has 0 unspecified atom stereocenters. The van der Waals surface area contributed by atoms with Crippen LogP contribution in [0.2, 0.25) is 0 Å². The maximum Gasteiger partial charge on any atom is 0.157 e. The van der Waals surface area contributed by atoms with Crippen LogP contribution in [0.1, 0.15) is 29.8 Å². The van der Waals surface area contributed by atoms with E-state index in [0.29, 0.717) is 54.3 Å². The van der Waals surface area contributed by atoms with Crippen LogP contribution in [0.3, 0.4) is 0 Å². The minimum absolute atomic E-state index is 0.0371. The number of halogens is 1. The highest BCUT2D eigenvalue weighted by molar-refractivity contribution is 5.85. The third kappa shape index (κ3) is 4.12. The minimum atomic E-state index is -0.564. The Hall–Kier alpha value is -3.85. The summed E-state index contributed by atoms with van der Waals surface area (Å²) in [4.78, 5) is 25.2. The molecule has 0 spiro atoms. The molecule has 4 aromatic rings. The van der Waals surface area contributed by atoms with Crippen molar-refractivity contribution in [2.45, 2.75) is 26.4 Å². The lowest BCUT2D eigenvalue weighted by Crippen LogP contribution is -2.34. The summed E-state index contributed by atoms with van der Waals surface area (Å²) in [6.07, 6.45) is 6.02. The van der Waals surface area contributed by atoms with E-state index in [1.165, 1.54) is 13.2 Å². The van der Waals surface area contributed by atoms with Crippen LogP contribution < -0.4 is 9.64 Å². The Balaban J connectivity index is 1.67. The van der Waals surface area contributed by atoms with Gasteiger partial charge in [-0.1, -0.05) is 0 Å². The number of aromatic nitrogens is 4. The van der Waals surface area contributed by atoms with Crippen molar-refractivity contribution < 1.29 is 13.9 Å². The van der Waals surface area contributed by atoms with Crippen molar-refractivity contribution in [1.29, 1.82) is 0 Å². The van der Waals surface area contributed by atoms with Crippen LogP contribution in [0.15, 0.2) is 42.9 Å². The van der Waals surface area contributed by atoms with Gasteiger partial charge in [0.25, 0.3) is 0 Å². The fraction of sp³-hybridized carbons (Fsp3) is 0.308. The van der Waals surface area contributed by atoms with E-state index >= 15 is 4.39 Å². The lowest BCUT2D eigenvalue weighted by atomic mass is 10.0. The van der Waals surface area contributed by atoms with E-state index < -0.39 is 5.82 Å². The Labute approximate surface area is 203 Å². The molecule has 0 N–H and O–H groups in total. The van der Waals surface area contributed by atoms with Gasteiger partial charge in [-0.15, -0.1) is 0 Å². The molecule has 4 heterocycles. The molecule has 1 aliphatic heterocycles. The summed E-state index contributed by atoms with van der Waals surface area (Å²) in [5.74, 6) is 0.506. The molecule has 35 heavy (non-hydrogen) atoms. The molecule has 180 valence electrons. The van der Waals surface area contributed by atoms with Crippen molar-refractivity contribution in [2.24, 2.45) is 7.05 Å². The van der Waals surface area contributed by atoms with E-state index in [-0.39, 0.29) is 11.6 Å². The summed E-state index contributed by atoms with van der Waals surface area (Å²) in [5, 5.41) is 4.24. The van der Waals surface area contributed by atoms with Crippen LogP contribution in [0.25, 0.3) is 22.2 Å². The number of carbonyl (C=O) groups excluding carboxylic acids is 1. The molecule has 0 amide bonds. The number of benzene rings is 1. The standard InChI is InChI=1S/C26H27FN6O2/c1-16(2)32-7-8-33(26-20(14-32)23(35-4)10-18(15-34)25(26)27)24-6-5-21-22(30-24)9-17(11-28-21)19-12-29-31(3)13-19/h5-6,9-13,15-16H,7-8,14H2,1-4H3. The quantitative estimate of drug-likeness (QED) is 0.398. The van der Waals surface area contributed by atoms with Gasteiger partial charge in [0.1, 0.15) is 11.6 Å². The van der Waals surface area contributed by atoms with Gasteiger partial charge in [0.15, 0.2) is 12.1 Å². The lowest BCUT2D eigenvalue weighted by molar-refractivity contribution is 0.111. The molecule has 0 radical (unpaired) electrons. The molecule has 0 bridgehead atoms. The van der Waals surface area contributed by atoms with Crippen LogP contribution in [-0.4, -0.2) is 57.2 Å². The average Bonchev–Trinajstić information content (AvgIpc) is 3.19. The van der Waals surface area contributed by atoms with E-state index in [1.807, 2.05) is 36.3 Å². The zero-order chi connectivity index (χ0) is 24.7. The molecule has 3 aromatic heterocycles. The maximum atomic E-state index is 15.7. The number of aryl methyl sites for hydroxylation is 1. The number of hydrogen-bond donors (Lipinski definition) is 0. The second kappa shape index (κ2) is 9.07. The SMILES string of the molecule is COc1cc(C=O)c(F)c2c1CN(C(C)C)CCN2c1ccc2ncc(-c3cnn(C)c3)cc2n1. The van der Waals surface area contributed by atoms with E-state index in [1.54, 1.807) is 17.1 Å². The zero-order valence-electron chi connectivity index (χ0n) is 20.2. The third-order valence-corrected chi connectivity index (χ3v) is 6.49. The Bertz CT molecular complexity index is 1420. The first-order valence-corrected chi connectivity index (χ1v) is 11.5. The highest BCUT2D eigenvalue weighted by atomic mass is 19.1. The highest BCUT2D eigenvalue weighted by Crippen LogP contribution is 2.40. The van der Waals surface area contributed by atoms with Gasteiger partial charge in [-0.05, 0) is 38.1 Å². The van der Waals surface area contributed by atoms with Crippen molar-refractivity contribution in [2.75, 3.05) is 25.1 Å². The van der Waals surface area contributed by atoms with Crippen molar-refractivity contribution >= 4 is 28.8 Å². The van der Waals surface area contributed by atoms with E-state index in [4.69, 9.17) is 9.72 Å². The molecule has 0 saturated carbocycles. The largest absolute Gasteiger partial charge is 0.496 e. The average molecular weight is 475 g/mol. The van der Waals surface area contributed by atoms with Crippen LogP contribution >= 0.6 is 0 Å². The summed E-state index contributed by atoms with van der Waals surface area (Å²) in [6.45, 7) is 5.92. The molecule has 0 aliphatic carbocycles. The Morgan fingerprint density at radius 1 is 1.11 bits per heavy atom. The van der Waals surface area contributed by atoms with Crippen molar-refractivity contribution in [1.82, 2.24) is 24.6 Å². The van der Waals surface area contributed by atoms with Crippen molar-refractivity contribution in [3.63, 3.8) is 0 Å². The van der Waals surface area contributed by atoms with E-state index in [2.05, 4.69) is 28.8 Å². The van der Waals surface area contributed by atoms with Crippen LogP contribution in [-0.2, 0) is 13.6 Å². The van der Waals surface area contributed by atoms with Gasteiger partial charge in [0.2, 0.25) is 0 Å². The summed E-state index contributed by atoms with van der Waals surface area (Å²) >= 11 is 0. The predicted octanol–water partition coefficient (Wildman–Crippen LogP) is 4.35. The highest BCUT2D eigenvalue weighted by Gasteiger charge is 2.30. The number of methoxy groups -OCH3 is 1. The monoisotopic (exact) mass is 474 g/mol. The fourth-order valence-corrected chi connectivity index (χ4v) is 4.55. The van der Waals surface area contributed by atoms with Crippen LogP contribution in [0.4, 0.5) is 15.9 Å². The summed E-state index contributed by atoms with van der Waals surface area (Å²) in [6, 6.07) is 7.40. The van der Waals surface area contributed by atoms with Crippen molar-refractivity contribution in [3.8, 4) is 16.9 Å². The topological polar surface area (TPSA) is 76.4 Å². The summed E-state index contributed by atoms with van der Waals surface area (Å²) in [5.41, 5.74) is 4.25. The first kappa shape index (κ1) is 22.9. The number of nitrogens with zero attached hydrogens (tertiary/aromatic N) is 6. The first-order valence-electron chi connectivity index (χ1n) is 11.5. The lowest BCUT2D eigenvalue weighted by Gasteiger charge is -2.26. The Kier molecular flexibility index (Phi) is 5.94. The van der Waals surface area contributed by atoms with Crippen LogP contribution in [0.5, 0.6) is 5.75 Å². The van der Waals surface area contributed by atoms with Gasteiger partial charge >= 0.3 is 0 Å². The fourth-order valence-electron chi connectivity index (χ4n) is 4.55. The second-order valence-electron chi connectivity index (χ2n) is 8.98. The summed E-state index contributed by atoms with van der Waals surface area (Å²) < 4.78 is 23.1. The molecule has 9 heteroatoms. The number of anilines is 2. The molecule has 0 fully saturated rings. The molecule has 1 aromatic carbocycles. The minimum Gasteiger partial charge on any atom is -0.496 e. The molecule has 0 atom stereocenters. The predicted molar refractivity (Wildman–Crippen MR) is 133 cm³/mol. The number of ether oxygens (including phenoxy) is 1. The van der Waals surface area contributed by atoms with Gasteiger partial charge in [-0.2, -0.15) is 5.10 Å². The number of aldehydes is 1. The van der Waals surface area contributed by atoms with Gasteiger partial charge in [0.05, 0.1) is 35.6 Å². The number of fused-ring (bicyclic) bond motifs is 2. The number of rotatable bonds is 5. The third-order valence-electron chi connectivity index (χ3n) is 6.49. The van der Waals surface area contributed by atoms with Gasteiger partial charge < -0.3 is 9.64 Å². The normalized spacial score (nSPS) is 14.3. The Morgan fingerprint density at radius 3 is 2.63 bits per heavy atom. The molecule has 1 aliphatic rings. The molecular formula is C26H27FN6O2. The van der Waals surface area contributed by atoms with Gasteiger partial charge in [-0.3, -0.25) is 19.4 Å². The smallest absolute Gasteiger partial charge is 0.157 e. The number of pyridine rings is 2. The van der Waals surface area contributed by atoms with Gasteiger partial charge in [-0.25, -0.2) is 9.37 Å². The van der Waals surface area contributed by atoms with E-state index in [9.17, 15) is 4.79 Å². The molecule has 8 nitrogen and oxygen atoms in total.